The zero-order valence-electron chi connectivity index (χ0n) is 11.0. The number of hydrogen-bond acceptors (Lipinski definition) is 5. The van der Waals surface area contributed by atoms with Crippen molar-refractivity contribution in [2.45, 2.75) is 6.61 Å². The number of imidazole rings is 1. The molecule has 0 atom stereocenters. The second kappa shape index (κ2) is 5.48. The van der Waals surface area contributed by atoms with Crippen molar-refractivity contribution in [3.8, 4) is 17.3 Å². The van der Waals surface area contributed by atoms with E-state index in [0.717, 1.165) is 17.1 Å². The number of ether oxygens (including phenoxy) is 1. The maximum Gasteiger partial charge on any atom is 0.316 e. The average molecular weight is 267 g/mol. The van der Waals surface area contributed by atoms with Crippen molar-refractivity contribution in [2.24, 2.45) is 7.05 Å². The Bertz CT molecular complexity index is 678. The van der Waals surface area contributed by atoms with Crippen LogP contribution in [-0.2, 0) is 13.7 Å². The minimum atomic E-state index is 0.327. The van der Waals surface area contributed by atoms with Gasteiger partial charge in [-0.05, 0) is 12.1 Å². The SMILES string of the molecule is Cn1ccnc1COc1ncc(-c2ccccn2)cn1. The van der Waals surface area contributed by atoms with Gasteiger partial charge in [-0.25, -0.2) is 15.0 Å². The fourth-order valence-electron chi connectivity index (χ4n) is 1.72. The number of rotatable bonds is 4. The topological polar surface area (TPSA) is 65.7 Å². The zero-order valence-corrected chi connectivity index (χ0v) is 11.0. The predicted molar refractivity (Wildman–Crippen MR) is 72.8 cm³/mol. The Morgan fingerprint density at radius 3 is 2.55 bits per heavy atom. The summed E-state index contributed by atoms with van der Waals surface area (Å²) in [5.74, 6) is 0.822. The Morgan fingerprint density at radius 1 is 1.05 bits per heavy atom. The highest BCUT2D eigenvalue weighted by atomic mass is 16.5. The minimum Gasteiger partial charge on any atom is -0.455 e. The van der Waals surface area contributed by atoms with E-state index in [0.29, 0.717) is 12.6 Å². The monoisotopic (exact) mass is 267 g/mol. The Balaban J connectivity index is 1.69. The van der Waals surface area contributed by atoms with E-state index < -0.39 is 0 Å². The number of nitrogens with zero attached hydrogens (tertiary/aromatic N) is 5. The standard InChI is InChI=1S/C14H13N5O/c1-19-7-6-16-13(19)10-20-14-17-8-11(9-18-14)12-4-2-3-5-15-12/h2-9H,10H2,1H3. The van der Waals surface area contributed by atoms with Gasteiger partial charge < -0.3 is 9.30 Å². The van der Waals surface area contributed by atoms with Gasteiger partial charge in [-0.15, -0.1) is 0 Å². The first-order valence-electron chi connectivity index (χ1n) is 6.15. The van der Waals surface area contributed by atoms with Gasteiger partial charge in [-0.2, -0.15) is 0 Å². The van der Waals surface area contributed by atoms with Crippen LogP contribution in [0.5, 0.6) is 6.01 Å². The van der Waals surface area contributed by atoms with Crippen LogP contribution in [0.15, 0.2) is 49.2 Å². The van der Waals surface area contributed by atoms with Gasteiger partial charge in [-0.1, -0.05) is 6.07 Å². The third-order valence-corrected chi connectivity index (χ3v) is 2.84. The molecule has 6 nitrogen and oxygen atoms in total. The maximum absolute atomic E-state index is 5.50. The first-order chi connectivity index (χ1) is 9.83. The fourth-order valence-corrected chi connectivity index (χ4v) is 1.72. The molecule has 0 aromatic carbocycles. The van der Waals surface area contributed by atoms with Crippen LogP contribution in [-0.4, -0.2) is 24.5 Å². The Kier molecular flexibility index (Phi) is 3.36. The van der Waals surface area contributed by atoms with Crippen molar-refractivity contribution in [3.63, 3.8) is 0 Å². The molecular weight excluding hydrogens is 254 g/mol. The van der Waals surface area contributed by atoms with Gasteiger partial charge in [0.25, 0.3) is 0 Å². The molecule has 0 unspecified atom stereocenters. The fraction of sp³-hybridized carbons (Fsp3) is 0.143. The molecule has 0 bridgehead atoms. The molecule has 100 valence electrons. The number of aryl methyl sites for hydroxylation is 1. The van der Waals surface area contributed by atoms with Crippen LogP contribution >= 0.6 is 0 Å². The molecular formula is C14H13N5O. The molecule has 0 saturated carbocycles. The molecule has 0 aliphatic rings. The molecule has 0 N–H and O–H groups in total. The van der Waals surface area contributed by atoms with Crippen LogP contribution in [0.4, 0.5) is 0 Å². The molecule has 0 radical (unpaired) electrons. The van der Waals surface area contributed by atoms with Crippen LogP contribution in [0.2, 0.25) is 0 Å². The highest BCUT2D eigenvalue weighted by Gasteiger charge is 2.04. The molecule has 0 aliphatic heterocycles. The molecule has 0 amide bonds. The van der Waals surface area contributed by atoms with Crippen LogP contribution in [0, 0.1) is 0 Å². The number of aromatic nitrogens is 5. The molecule has 3 aromatic heterocycles. The van der Waals surface area contributed by atoms with Gasteiger partial charge in [0, 0.05) is 43.6 Å². The average Bonchev–Trinajstić information content (AvgIpc) is 2.92. The third kappa shape index (κ3) is 2.64. The normalized spacial score (nSPS) is 10.4. The van der Waals surface area contributed by atoms with E-state index in [9.17, 15) is 0 Å². The Labute approximate surface area is 116 Å². The number of pyridine rings is 1. The van der Waals surface area contributed by atoms with Gasteiger partial charge >= 0.3 is 6.01 Å². The van der Waals surface area contributed by atoms with Crippen molar-refractivity contribution < 1.29 is 4.74 Å². The third-order valence-electron chi connectivity index (χ3n) is 2.84. The lowest BCUT2D eigenvalue weighted by molar-refractivity contribution is 0.268. The van der Waals surface area contributed by atoms with Crippen molar-refractivity contribution in [1.82, 2.24) is 24.5 Å². The van der Waals surface area contributed by atoms with Gasteiger partial charge in [0.2, 0.25) is 0 Å². The van der Waals surface area contributed by atoms with Crippen molar-refractivity contribution >= 4 is 0 Å². The summed E-state index contributed by atoms with van der Waals surface area (Å²) >= 11 is 0. The molecule has 0 aliphatic carbocycles. The summed E-state index contributed by atoms with van der Waals surface area (Å²) in [7, 11) is 1.91. The first-order valence-corrected chi connectivity index (χ1v) is 6.15. The lowest BCUT2D eigenvalue weighted by atomic mass is 10.2. The van der Waals surface area contributed by atoms with Crippen LogP contribution < -0.4 is 4.74 Å². The van der Waals surface area contributed by atoms with Crippen molar-refractivity contribution in [3.05, 3.63) is 55.0 Å². The molecule has 0 spiro atoms. The Morgan fingerprint density at radius 2 is 1.90 bits per heavy atom. The van der Waals surface area contributed by atoms with Crippen LogP contribution in [0.25, 0.3) is 11.3 Å². The molecule has 3 aromatic rings. The molecule has 0 fully saturated rings. The van der Waals surface area contributed by atoms with E-state index in [1.807, 2.05) is 36.0 Å². The molecule has 6 heteroatoms. The second-order valence-electron chi connectivity index (χ2n) is 4.21. The molecule has 0 saturated heterocycles. The van der Waals surface area contributed by atoms with Gasteiger partial charge in [0.1, 0.15) is 12.4 Å². The van der Waals surface area contributed by atoms with Crippen LogP contribution in [0.3, 0.4) is 0 Å². The predicted octanol–water partition coefficient (Wildman–Crippen LogP) is 1.85. The van der Waals surface area contributed by atoms with Gasteiger partial charge in [-0.3, -0.25) is 4.98 Å². The quantitative estimate of drug-likeness (QED) is 0.721. The molecule has 3 rings (SSSR count). The van der Waals surface area contributed by atoms with Crippen molar-refractivity contribution in [2.75, 3.05) is 0 Å². The summed E-state index contributed by atoms with van der Waals surface area (Å²) in [6.45, 7) is 0.340. The van der Waals surface area contributed by atoms with Gasteiger partial charge in [0.05, 0.1) is 5.69 Å². The minimum absolute atomic E-state index is 0.327. The first kappa shape index (κ1) is 12.3. The van der Waals surface area contributed by atoms with Gasteiger partial charge in [0.15, 0.2) is 0 Å². The van der Waals surface area contributed by atoms with E-state index in [1.54, 1.807) is 24.8 Å². The summed E-state index contributed by atoms with van der Waals surface area (Å²) in [6, 6.07) is 6.03. The molecule has 20 heavy (non-hydrogen) atoms. The summed E-state index contributed by atoms with van der Waals surface area (Å²) in [5.41, 5.74) is 1.69. The highest BCUT2D eigenvalue weighted by molar-refractivity contribution is 5.56. The van der Waals surface area contributed by atoms with E-state index in [4.69, 9.17) is 4.74 Å². The van der Waals surface area contributed by atoms with Crippen LogP contribution in [0.1, 0.15) is 5.82 Å². The smallest absolute Gasteiger partial charge is 0.316 e. The van der Waals surface area contributed by atoms with E-state index in [2.05, 4.69) is 19.9 Å². The summed E-state index contributed by atoms with van der Waals surface area (Å²) in [6.07, 6.45) is 8.72. The summed E-state index contributed by atoms with van der Waals surface area (Å²) in [4.78, 5) is 16.8. The van der Waals surface area contributed by atoms with E-state index in [1.165, 1.54) is 0 Å². The largest absolute Gasteiger partial charge is 0.455 e. The second-order valence-corrected chi connectivity index (χ2v) is 4.21. The zero-order chi connectivity index (χ0) is 13.8. The lowest BCUT2D eigenvalue weighted by Crippen LogP contribution is -2.05. The van der Waals surface area contributed by atoms with Crippen molar-refractivity contribution in [1.29, 1.82) is 0 Å². The summed E-state index contributed by atoms with van der Waals surface area (Å²) < 4.78 is 7.39. The number of hydrogen-bond donors (Lipinski definition) is 0. The van der Waals surface area contributed by atoms with E-state index in [-0.39, 0.29) is 0 Å². The lowest BCUT2D eigenvalue weighted by Gasteiger charge is -2.05. The Hall–Kier alpha value is -2.76. The van der Waals surface area contributed by atoms with E-state index >= 15 is 0 Å². The summed E-state index contributed by atoms with van der Waals surface area (Å²) in [5, 5.41) is 0. The highest BCUT2D eigenvalue weighted by Crippen LogP contribution is 2.15. The molecule has 3 heterocycles. The maximum atomic E-state index is 5.50.